The van der Waals surface area contributed by atoms with E-state index in [1.54, 1.807) is 17.0 Å². The molecule has 2 N–H and O–H groups in total. The standard InChI is InChI=1S/C19H19F2N3O2/c20-15-6-4-14(5-7-15)18(25)23-12-17(24-9-8-22-19(24)26)11-13-2-1-3-16(21)10-13/h1-7,10,17H,8-9,11-12H2,(H,22,26)(H,23,25)/t17-/m0/s1. The number of nitrogens with zero attached hydrogens (tertiary/aromatic N) is 1. The number of nitrogens with one attached hydrogen (secondary N) is 2. The first-order valence-electron chi connectivity index (χ1n) is 8.35. The van der Waals surface area contributed by atoms with Gasteiger partial charge in [-0.15, -0.1) is 0 Å². The van der Waals surface area contributed by atoms with E-state index in [0.717, 1.165) is 5.56 Å². The van der Waals surface area contributed by atoms with Gasteiger partial charge < -0.3 is 15.5 Å². The van der Waals surface area contributed by atoms with Gasteiger partial charge in [-0.05, 0) is 48.4 Å². The van der Waals surface area contributed by atoms with Gasteiger partial charge in [-0.2, -0.15) is 0 Å². The van der Waals surface area contributed by atoms with Gasteiger partial charge in [-0.3, -0.25) is 4.79 Å². The van der Waals surface area contributed by atoms with Crippen LogP contribution in [0.25, 0.3) is 0 Å². The molecule has 7 heteroatoms. The van der Waals surface area contributed by atoms with Crippen LogP contribution in [-0.4, -0.2) is 42.5 Å². The Balaban J connectivity index is 1.70. The molecule has 1 saturated heterocycles. The van der Waals surface area contributed by atoms with E-state index in [1.165, 1.54) is 36.4 Å². The Hall–Kier alpha value is -2.96. The molecule has 3 rings (SSSR count). The number of amides is 3. The van der Waals surface area contributed by atoms with Crippen LogP contribution in [0.2, 0.25) is 0 Å². The van der Waals surface area contributed by atoms with Crippen molar-refractivity contribution in [3.05, 3.63) is 71.3 Å². The first kappa shape index (κ1) is 17.8. The zero-order chi connectivity index (χ0) is 18.5. The number of carbonyl (C=O) groups excluding carboxylic acids is 2. The molecular formula is C19H19F2N3O2. The molecule has 1 atom stereocenters. The van der Waals surface area contributed by atoms with Crippen LogP contribution in [0.3, 0.4) is 0 Å². The minimum absolute atomic E-state index is 0.206. The van der Waals surface area contributed by atoms with Crippen LogP contribution in [0.4, 0.5) is 13.6 Å². The van der Waals surface area contributed by atoms with Crippen molar-refractivity contribution in [2.75, 3.05) is 19.6 Å². The average molecular weight is 359 g/mol. The number of carbonyl (C=O) groups is 2. The summed E-state index contributed by atoms with van der Waals surface area (Å²) in [5.41, 5.74) is 1.08. The molecule has 1 aliphatic heterocycles. The van der Waals surface area contributed by atoms with Gasteiger partial charge in [-0.25, -0.2) is 13.6 Å². The Labute approximate surface area is 150 Å². The normalized spacial score (nSPS) is 14.8. The molecule has 3 amide bonds. The second kappa shape index (κ2) is 7.95. The number of urea groups is 1. The molecule has 1 heterocycles. The molecule has 26 heavy (non-hydrogen) atoms. The molecule has 0 aliphatic carbocycles. The van der Waals surface area contributed by atoms with E-state index in [1.807, 2.05) is 0 Å². The van der Waals surface area contributed by atoms with E-state index in [4.69, 9.17) is 0 Å². The van der Waals surface area contributed by atoms with Gasteiger partial charge in [0.05, 0.1) is 6.04 Å². The Morgan fingerprint density at radius 1 is 1.15 bits per heavy atom. The summed E-state index contributed by atoms with van der Waals surface area (Å²) in [6, 6.07) is 10.9. The van der Waals surface area contributed by atoms with Crippen molar-refractivity contribution >= 4 is 11.9 Å². The second-order valence-corrected chi connectivity index (χ2v) is 6.13. The summed E-state index contributed by atoms with van der Waals surface area (Å²) in [5, 5.41) is 5.51. The highest BCUT2D eigenvalue weighted by Crippen LogP contribution is 2.13. The zero-order valence-corrected chi connectivity index (χ0v) is 14.0. The summed E-state index contributed by atoms with van der Waals surface area (Å²) in [4.78, 5) is 25.9. The highest BCUT2D eigenvalue weighted by molar-refractivity contribution is 5.94. The van der Waals surface area contributed by atoms with E-state index in [-0.39, 0.29) is 30.3 Å². The fourth-order valence-electron chi connectivity index (χ4n) is 2.98. The van der Waals surface area contributed by atoms with E-state index in [9.17, 15) is 18.4 Å². The van der Waals surface area contributed by atoms with Crippen LogP contribution < -0.4 is 10.6 Å². The van der Waals surface area contributed by atoms with Crippen molar-refractivity contribution in [2.45, 2.75) is 12.5 Å². The molecule has 0 spiro atoms. The molecule has 136 valence electrons. The maximum atomic E-state index is 13.4. The predicted octanol–water partition coefficient (Wildman–Crippen LogP) is 2.33. The molecular weight excluding hydrogens is 340 g/mol. The summed E-state index contributed by atoms with van der Waals surface area (Å²) in [5.74, 6) is -1.12. The van der Waals surface area contributed by atoms with Gasteiger partial charge >= 0.3 is 6.03 Å². The Morgan fingerprint density at radius 3 is 2.58 bits per heavy atom. The van der Waals surface area contributed by atoms with Crippen molar-refractivity contribution in [2.24, 2.45) is 0 Å². The van der Waals surface area contributed by atoms with E-state index in [0.29, 0.717) is 25.1 Å². The second-order valence-electron chi connectivity index (χ2n) is 6.13. The molecule has 2 aromatic rings. The lowest BCUT2D eigenvalue weighted by molar-refractivity contribution is 0.0940. The first-order valence-corrected chi connectivity index (χ1v) is 8.35. The van der Waals surface area contributed by atoms with Crippen molar-refractivity contribution in [1.29, 1.82) is 0 Å². The van der Waals surface area contributed by atoms with Crippen molar-refractivity contribution in [3.63, 3.8) is 0 Å². The third kappa shape index (κ3) is 4.36. The molecule has 1 aliphatic rings. The zero-order valence-electron chi connectivity index (χ0n) is 14.0. The monoisotopic (exact) mass is 359 g/mol. The molecule has 0 radical (unpaired) electrons. The molecule has 0 saturated carbocycles. The minimum Gasteiger partial charge on any atom is -0.350 e. The number of hydrogen-bond donors (Lipinski definition) is 2. The van der Waals surface area contributed by atoms with Crippen LogP contribution in [0, 0.1) is 11.6 Å². The summed E-state index contributed by atoms with van der Waals surface area (Å²) >= 11 is 0. The maximum Gasteiger partial charge on any atom is 0.317 e. The topological polar surface area (TPSA) is 61.4 Å². The third-order valence-corrected chi connectivity index (χ3v) is 4.30. The lowest BCUT2D eigenvalue weighted by Gasteiger charge is -2.27. The average Bonchev–Trinajstić information content (AvgIpc) is 3.05. The smallest absolute Gasteiger partial charge is 0.317 e. The van der Waals surface area contributed by atoms with E-state index >= 15 is 0 Å². The number of halogens is 2. The molecule has 0 bridgehead atoms. The Kier molecular flexibility index (Phi) is 5.46. The minimum atomic E-state index is -0.417. The van der Waals surface area contributed by atoms with E-state index in [2.05, 4.69) is 10.6 Å². The van der Waals surface area contributed by atoms with Crippen molar-refractivity contribution in [3.8, 4) is 0 Å². The van der Waals surface area contributed by atoms with Gasteiger partial charge in [0.25, 0.3) is 5.91 Å². The third-order valence-electron chi connectivity index (χ3n) is 4.30. The summed E-state index contributed by atoms with van der Waals surface area (Å²) in [7, 11) is 0. The van der Waals surface area contributed by atoms with Crippen LogP contribution in [0.1, 0.15) is 15.9 Å². The lowest BCUT2D eigenvalue weighted by Crippen LogP contribution is -2.46. The van der Waals surface area contributed by atoms with Crippen LogP contribution in [-0.2, 0) is 6.42 Å². The van der Waals surface area contributed by atoms with Gasteiger partial charge in [0, 0.05) is 25.2 Å². The van der Waals surface area contributed by atoms with Gasteiger partial charge in [-0.1, -0.05) is 12.1 Å². The lowest BCUT2D eigenvalue weighted by atomic mass is 10.0. The molecule has 2 aromatic carbocycles. The van der Waals surface area contributed by atoms with Gasteiger partial charge in [0.15, 0.2) is 0 Å². The predicted molar refractivity (Wildman–Crippen MR) is 92.7 cm³/mol. The SMILES string of the molecule is O=C(NC[C@H](Cc1cccc(F)c1)N1CCNC1=O)c1ccc(F)cc1. The fourth-order valence-corrected chi connectivity index (χ4v) is 2.98. The highest BCUT2D eigenvalue weighted by atomic mass is 19.1. The van der Waals surface area contributed by atoms with Crippen LogP contribution >= 0.6 is 0 Å². The number of benzene rings is 2. The largest absolute Gasteiger partial charge is 0.350 e. The molecule has 1 fully saturated rings. The molecule has 0 aromatic heterocycles. The summed E-state index contributed by atoms with van der Waals surface area (Å²) in [6.45, 7) is 1.26. The maximum absolute atomic E-state index is 13.4. The molecule has 0 unspecified atom stereocenters. The van der Waals surface area contributed by atoms with Crippen molar-refractivity contribution in [1.82, 2.24) is 15.5 Å². The van der Waals surface area contributed by atoms with Crippen LogP contribution in [0.15, 0.2) is 48.5 Å². The molecule has 5 nitrogen and oxygen atoms in total. The number of hydrogen-bond acceptors (Lipinski definition) is 2. The van der Waals surface area contributed by atoms with Crippen molar-refractivity contribution < 1.29 is 18.4 Å². The van der Waals surface area contributed by atoms with Gasteiger partial charge in [0.2, 0.25) is 0 Å². The summed E-state index contributed by atoms with van der Waals surface area (Å²) < 4.78 is 26.4. The van der Waals surface area contributed by atoms with E-state index < -0.39 is 5.82 Å². The Morgan fingerprint density at radius 2 is 1.92 bits per heavy atom. The quantitative estimate of drug-likeness (QED) is 0.832. The van der Waals surface area contributed by atoms with Gasteiger partial charge in [0.1, 0.15) is 11.6 Å². The Bertz CT molecular complexity index is 796. The fraction of sp³-hybridized carbons (Fsp3) is 0.263. The summed E-state index contributed by atoms with van der Waals surface area (Å²) in [6.07, 6.45) is 0.412. The highest BCUT2D eigenvalue weighted by Gasteiger charge is 2.28. The first-order chi connectivity index (χ1) is 12.5. The number of rotatable bonds is 6. The van der Waals surface area contributed by atoms with Crippen LogP contribution in [0.5, 0.6) is 0 Å².